The number of nitrogens with zero attached hydrogens (tertiary/aromatic N) is 2. The molecular formula is C31H31FN2O3S. The zero-order chi connectivity index (χ0) is 26.5. The summed E-state index contributed by atoms with van der Waals surface area (Å²) in [4.78, 5) is 21.1. The Bertz CT molecular complexity index is 1350. The van der Waals surface area contributed by atoms with Gasteiger partial charge in [0.2, 0.25) is 0 Å². The van der Waals surface area contributed by atoms with Gasteiger partial charge in [-0.25, -0.2) is 9.38 Å². The van der Waals surface area contributed by atoms with Crippen LogP contribution in [0.3, 0.4) is 0 Å². The van der Waals surface area contributed by atoms with Gasteiger partial charge in [0.25, 0.3) is 5.91 Å². The highest BCUT2D eigenvalue weighted by Crippen LogP contribution is 2.39. The Kier molecular flexibility index (Phi) is 8.13. The van der Waals surface area contributed by atoms with Crippen molar-refractivity contribution in [1.82, 2.24) is 4.90 Å². The molecule has 3 aromatic rings. The average molecular weight is 531 g/mol. The number of rotatable bonds is 7. The predicted octanol–water partition coefficient (Wildman–Crippen LogP) is 7.66. The molecule has 2 fully saturated rings. The van der Waals surface area contributed by atoms with Gasteiger partial charge in [0.1, 0.15) is 12.4 Å². The van der Waals surface area contributed by atoms with E-state index in [0.717, 1.165) is 47.7 Å². The Morgan fingerprint density at radius 1 is 1.00 bits per heavy atom. The number of aryl methyl sites for hydroxylation is 1. The summed E-state index contributed by atoms with van der Waals surface area (Å²) < 4.78 is 24.7. The van der Waals surface area contributed by atoms with Crippen LogP contribution in [0.5, 0.6) is 11.5 Å². The van der Waals surface area contributed by atoms with E-state index in [0.29, 0.717) is 23.0 Å². The maximum Gasteiger partial charge on any atom is 0.267 e. The van der Waals surface area contributed by atoms with Gasteiger partial charge in [-0.15, -0.1) is 0 Å². The van der Waals surface area contributed by atoms with Crippen molar-refractivity contribution in [2.45, 2.75) is 51.7 Å². The Morgan fingerprint density at radius 3 is 2.45 bits per heavy atom. The first kappa shape index (κ1) is 26.0. The number of amides is 1. The summed E-state index contributed by atoms with van der Waals surface area (Å²) in [6, 6.07) is 20.0. The molecule has 5 rings (SSSR count). The van der Waals surface area contributed by atoms with Crippen LogP contribution in [0.4, 0.5) is 10.1 Å². The summed E-state index contributed by atoms with van der Waals surface area (Å²) in [5, 5.41) is 0.739. The first-order valence-corrected chi connectivity index (χ1v) is 13.8. The topological polar surface area (TPSA) is 51.1 Å². The third-order valence-electron chi connectivity index (χ3n) is 6.83. The van der Waals surface area contributed by atoms with Crippen molar-refractivity contribution >= 4 is 34.6 Å². The molecule has 3 aromatic carbocycles. The Hall–Kier alpha value is -3.58. The maximum atomic E-state index is 13.6. The summed E-state index contributed by atoms with van der Waals surface area (Å²) in [6.45, 7) is 2.34. The van der Waals surface area contributed by atoms with Crippen molar-refractivity contribution in [2.75, 3.05) is 7.11 Å². The fourth-order valence-electron chi connectivity index (χ4n) is 4.74. The summed E-state index contributed by atoms with van der Waals surface area (Å²) >= 11 is 1.43. The molecule has 0 aromatic heterocycles. The van der Waals surface area contributed by atoms with Gasteiger partial charge in [-0.2, -0.15) is 0 Å². The third kappa shape index (κ3) is 6.10. The summed E-state index contributed by atoms with van der Waals surface area (Å²) in [7, 11) is 1.59. The zero-order valence-corrected chi connectivity index (χ0v) is 22.5. The van der Waals surface area contributed by atoms with Gasteiger partial charge in [0.15, 0.2) is 16.7 Å². The smallest absolute Gasteiger partial charge is 0.267 e. The van der Waals surface area contributed by atoms with Gasteiger partial charge < -0.3 is 9.47 Å². The van der Waals surface area contributed by atoms with Crippen LogP contribution in [0, 0.1) is 12.7 Å². The van der Waals surface area contributed by atoms with E-state index in [9.17, 15) is 9.18 Å². The van der Waals surface area contributed by atoms with E-state index in [1.807, 2.05) is 60.4 Å². The molecule has 1 heterocycles. The molecule has 0 radical (unpaired) electrons. The molecule has 1 aliphatic carbocycles. The molecular weight excluding hydrogens is 499 g/mol. The van der Waals surface area contributed by atoms with Gasteiger partial charge >= 0.3 is 0 Å². The Balaban J connectivity index is 1.39. The highest BCUT2D eigenvalue weighted by molar-refractivity contribution is 8.18. The van der Waals surface area contributed by atoms with Gasteiger partial charge in [0, 0.05) is 6.04 Å². The van der Waals surface area contributed by atoms with Crippen LogP contribution < -0.4 is 9.47 Å². The first-order valence-electron chi connectivity index (χ1n) is 12.9. The number of thioether (sulfide) groups is 1. The molecule has 1 saturated carbocycles. The fraction of sp³-hybridized carbons (Fsp3) is 0.290. The van der Waals surface area contributed by atoms with Crippen molar-refractivity contribution in [2.24, 2.45) is 4.99 Å². The van der Waals surface area contributed by atoms with Crippen molar-refractivity contribution < 1.29 is 18.7 Å². The zero-order valence-electron chi connectivity index (χ0n) is 21.7. The normalized spacial score (nSPS) is 18.4. The molecule has 196 valence electrons. The molecule has 0 bridgehead atoms. The van der Waals surface area contributed by atoms with Crippen LogP contribution in [0.2, 0.25) is 0 Å². The third-order valence-corrected chi connectivity index (χ3v) is 7.81. The lowest BCUT2D eigenvalue weighted by atomic mass is 9.94. The van der Waals surface area contributed by atoms with E-state index in [4.69, 9.17) is 14.5 Å². The van der Waals surface area contributed by atoms with E-state index in [1.165, 1.54) is 35.9 Å². The lowest BCUT2D eigenvalue weighted by Crippen LogP contribution is -2.40. The number of benzene rings is 3. The molecule has 2 aliphatic rings. The summed E-state index contributed by atoms with van der Waals surface area (Å²) in [5.74, 6) is 0.866. The summed E-state index contributed by atoms with van der Waals surface area (Å²) in [5.41, 5.74) is 3.72. The monoisotopic (exact) mass is 530 g/mol. The van der Waals surface area contributed by atoms with Gasteiger partial charge in [-0.05, 0) is 85.1 Å². The Morgan fingerprint density at radius 2 is 1.74 bits per heavy atom. The standard InChI is InChI=1S/C31H31FN2O3S/c1-21-8-15-25(16-9-21)33-31-34(26-6-4-3-5-7-26)30(35)29(38-31)19-23-12-17-27(28(18-23)36-2)37-20-22-10-13-24(32)14-11-22/h8-19,26H,3-7,20H2,1-2H3/b29-19+,33-31?. The second-order valence-electron chi connectivity index (χ2n) is 9.63. The van der Waals surface area contributed by atoms with Gasteiger partial charge in [-0.1, -0.05) is 55.2 Å². The van der Waals surface area contributed by atoms with Crippen molar-refractivity contribution in [3.05, 3.63) is 94.1 Å². The van der Waals surface area contributed by atoms with E-state index in [-0.39, 0.29) is 17.8 Å². The molecule has 0 atom stereocenters. The number of aliphatic imine (C=N–C) groups is 1. The molecule has 1 aliphatic heterocycles. The number of hydrogen-bond acceptors (Lipinski definition) is 5. The van der Waals surface area contributed by atoms with Crippen LogP contribution in [0.25, 0.3) is 6.08 Å². The van der Waals surface area contributed by atoms with Crippen LogP contribution in [-0.2, 0) is 11.4 Å². The van der Waals surface area contributed by atoms with Gasteiger partial charge in [-0.3, -0.25) is 9.69 Å². The van der Waals surface area contributed by atoms with Crippen LogP contribution in [0.1, 0.15) is 48.8 Å². The van der Waals surface area contributed by atoms with E-state index < -0.39 is 0 Å². The molecule has 1 saturated heterocycles. The highest BCUT2D eigenvalue weighted by Gasteiger charge is 2.38. The van der Waals surface area contributed by atoms with Gasteiger partial charge in [0.05, 0.1) is 17.7 Å². The quantitative estimate of drug-likeness (QED) is 0.294. The second-order valence-corrected chi connectivity index (χ2v) is 10.6. The minimum Gasteiger partial charge on any atom is -0.493 e. The minimum atomic E-state index is -0.280. The lowest BCUT2D eigenvalue weighted by molar-refractivity contribution is -0.124. The first-order chi connectivity index (χ1) is 18.5. The number of carbonyl (C=O) groups is 1. The van der Waals surface area contributed by atoms with E-state index >= 15 is 0 Å². The molecule has 0 unspecified atom stereocenters. The van der Waals surface area contributed by atoms with Crippen molar-refractivity contribution in [1.29, 1.82) is 0 Å². The van der Waals surface area contributed by atoms with Crippen LogP contribution in [0.15, 0.2) is 76.6 Å². The number of amidine groups is 1. The number of ether oxygens (including phenoxy) is 2. The number of halogens is 1. The molecule has 0 N–H and O–H groups in total. The Labute approximate surface area is 227 Å². The largest absolute Gasteiger partial charge is 0.493 e. The number of hydrogen-bond donors (Lipinski definition) is 0. The molecule has 5 nitrogen and oxygen atoms in total. The van der Waals surface area contributed by atoms with E-state index in [1.54, 1.807) is 19.2 Å². The molecule has 0 spiro atoms. The number of carbonyl (C=O) groups excluding carboxylic acids is 1. The molecule has 38 heavy (non-hydrogen) atoms. The molecule has 7 heteroatoms. The van der Waals surface area contributed by atoms with Crippen LogP contribution in [-0.4, -0.2) is 29.1 Å². The number of methoxy groups -OCH3 is 1. The second kappa shape index (κ2) is 11.9. The lowest BCUT2D eigenvalue weighted by Gasteiger charge is -2.30. The molecule has 1 amide bonds. The fourth-order valence-corrected chi connectivity index (χ4v) is 5.80. The SMILES string of the molecule is COc1cc(/C=C2/SC(=Nc3ccc(C)cc3)N(C3CCCCC3)C2=O)ccc1OCc1ccc(F)cc1. The maximum absolute atomic E-state index is 13.6. The van der Waals surface area contributed by atoms with Crippen LogP contribution >= 0.6 is 11.8 Å². The predicted molar refractivity (Wildman–Crippen MR) is 151 cm³/mol. The van der Waals surface area contributed by atoms with Crippen molar-refractivity contribution in [3.63, 3.8) is 0 Å². The minimum absolute atomic E-state index is 0.00312. The highest BCUT2D eigenvalue weighted by atomic mass is 32.2. The van der Waals surface area contributed by atoms with Crippen molar-refractivity contribution in [3.8, 4) is 11.5 Å². The summed E-state index contributed by atoms with van der Waals surface area (Å²) in [6.07, 6.45) is 7.38. The van der Waals surface area contributed by atoms with E-state index in [2.05, 4.69) is 0 Å². The average Bonchev–Trinajstić information content (AvgIpc) is 3.24.